The van der Waals surface area contributed by atoms with Crippen molar-refractivity contribution in [3.8, 4) is 5.75 Å². The van der Waals surface area contributed by atoms with Crippen LogP contribution in [0, 0.1) is 0 Å². The Hall–Kier alpha value is -1.39. The molecule has 3 nitrogen and oxygen atoms in total. The molecule has 106 valence electrons. The third kappa shape index (κ3) is 3.58. The lowest BCUT2D eigenvalue weighted by molar-refractivity contribution is 0.469. The highest BCUT2D eigenvalue weighted by Gasteiger charge is 2.05. The van der Waals surface area contributed by atoms with Gasteiger partial charge in [0.1, 0.15) is 5.75 Å². The Morgan fingerprint density at radius 1 is 1.20 bits per heavy atom. The summed E-state index contributed by atoms with van der Waals surface area (Å²) in [5, 5.41) is 13.7. The van der Waals surface area contributed by atoms with E-state index in [0.29, 0.717) is 11.6 Å². The van der Waals surface area contributed by atoms with Gasteiger partial charge in [0.05, 0.1) is 10.7 Å². The van der Waals surface area contributed by atoms with Gasteiger partial charge in [0.2, 0.25) is 0 Å². The zero-order valence-electron chi connectivity index (χ0n) is 11.3. The fourth-order valence-corrected chi connectivity index (χ4v) is 2.63. The predicted molar refractivity (Wildman–Crippen MR) is 88.9 cm³/mol. The molecule has 0 atom stereocenters. The van der Waals surface area contributed by atoms with Gasteiger partial charge in [-0.3, -0.25) is 0 Å². The maximum atomic E-state index is 9.79. The van der Waals surface area contributed by atoms with Crippen molar-refractivity contribution >= 4 is 38.9 Å². The van der Waals surface area contributed by atoms with Crippen LogP contribution in [0.5, 0.6) is 5.75 Å². The Morgan fingerprint density at radius 2 is 1.95 bits per heavy atom. The summed E-state index contributed by atoms with van der Waals surface area (Å²) < 4.78 is 0.938. The molecule has 0 bridgehead atoms. The SMILES string of the molecule is CN(C)c1ccc(NCc2cc(Br)ccc2O)cc1Cl. The smallest absolute Gasteiger partial charge is 0.120 e. The summed E-state index contributed by atoms with van der Waals surface area (Å²) in [6.45, 7) is 0.531. The van der Waals surface area contributed by atoms with Gasteiger partial charge in [0.15, 0.2) is 0 Å². The van der Waals surface area contributed by atoms with E-state index in [1.54, 1.807) is 6.07 Å². The molecule has 0 radical (unpaired) electrons. The first kappa shape index (κ1) is 15.0. The Balaban J connectivity index is 2.11. The molecule has 0 heterocycles. The van der Waals surface area contributed by atoms with E-state index in [9.17, 15) is 5.11 Å². The van der Waals surface area contributed by atoms with Crippen LogP contribution < -0.4 is 10.2 Å². The Morgan fingerprint density at radius 3 is 2.60 bits per heavy atom. The van der Waals surface area contributed by atoms with E-state index < -0.39 is 0 Å². The molecular weight excluding hydrogens is 340 g/mol. The van der Waals surface area contributed by atoms with Crippen LogP contribution in [0.3, 0.4) is 0 Å². The molecule has 0 aromatic heterocycles. The lowest BCUT2D eigenvalue weighted by Crippen LogP contribution is -2.09. The topological polar surface area (TPSA) is 35.5 Å². The van der Waals surface area contributed by atoms with E-state index in [4.69, 9.17) is 11.6 Å². The quantitative estimate of drug-likeness (QED) is 0.848. The monoisotopic (exact) mass is 354 g/mol. The van der Waals surface area contributed by atoms with Crippen molar-refractivity contribution in [1.29, 1.82) is 0 Å². The average molecular weight is 356 g/mol. The number of halogens is 2. The van der Waals surface area contributed by atoms with Gasteiger partial charge in [-0.1, -0.05) is 27.5 Å². The molecule has 0 fully saturated rings. The van der Waals surface area contributed by atoms with Crippen molar-refractivity contribution in [2.75, 3.05) is 24.3 Å². The molecule has 0 saturated heterocycles. The van der Waals surface area contributed by atoms with Crippen molar-refractivity contribution < 1.29 is 5.11 Å². The summed E-state index contributed by atoms with van der Waals surface area (Å²) in [4.78, 5) is 1.96. The van der Waals surface area contributed by atoms with Crippen molar-refractivity contribution in [2.45, 2.75) is 6.54 Å². The van der Waals surface area contributed by atoms with E-state index in [1.165, 1.54) is 0 Å². The summed E-state index contributed by atoms with van der Waals surface area (Å²) in [6.07, 6.45) is 0. The number of aromatic hydroxyl groups is 1. The minimum absolute atomic E-state index is 0.275. The standard InChI is InChI=1S/C15H16BrClN2O/c1-19(2)14-5-4-12(8-13(14)17)18-9-10-7-11(16)3-6-15(10)20/h3-8,18,20H,9H2,1-2H3. The third-order valence-electron chi connectivity index (χ3n) is 2.95. The summed E-state index contributed by atoms with van der Waals surface area (Å²) in [5.74, 6) is 0.275. The van der Waals surface area contributed by atoms with Crippen molar-refractivity contribution in [3.05, 3.63) is 51.5 Å². The molecule has 2 aromatic carbocycles. The van der Waals surface area contributed by atoms with E-state index in [2.05, 4.69) is 21.2 Å². The molecule has 0 saturated carbocycles. The Kier molecular flexibility index (Phi) is 4.78. The van der Waals surface area contributed by atoms with Crippen LogP contribution >= 0.6 is 27.5 Å². The van der Waals surface area contributed by atoms with Crippen LogP contribution in [0.15, 0.2) is 40.9 Å². The van der Waals surface area contributed by atoms with E-state index in [-0.39, 0.29) is 5.75 Å². The second-order valence-corrected chi connectivity index (χ2v) is 6.01. The molecule has 0 amide bonds. The molecule has 2 N–H and O–H groups in total. The largest absolute Gasteiger partial charge is 0.508 e. The first-order chi connectivity index (χ1) is 9.47. The van der Waals surface area contributed by atoms with E-state index >= 15 is 0 Å². The zero-order valence-corrected chi connectivity index (χ0v) is 13.7. The van der Waals surface area contributed by atoms with E-state index in [0.717, 1.165) is 21.4 Å². The van der Waals surface area contributed by atoms with Gasteiger partial charge in [0, 0.05) is 36.4 Å². The second kappa shape index (κ2) is 6.37. The molecule has 2 rings (SSSR count). The maximum absolute atomic E-state index is 9.79. The number of hydrogen-bond acceptors (Lipinski definition) is 3. The van der Waals surface area contributed by atoms with Gasteiger partial charge in [-0.25, -0.2) is 0 Å². The minimum Gasteiger partial charge on any atom is -0.508 e. The second-order valence-electron chi connectivity index (χ2n) is 4.69. The molecule has 2 aromatic rings. The molecular formula is C15H16BrClN2O. The highest BCUT2D eigenvalue weighted by Crippen LogP contribution is 2.28. The van der Waals surface area contributed by atoms with Gasteiger partial charge in [0.25, 0.3) is 0 Å². The predicted octanol–water partition coefficient (Wildman–Crippen LogP) is 4.49. The molecule has 0 aliphatic heterocycles. The van der Waals surface area contributed by atoms with Crippen molar-refractivity contribution in [3.63, 3.8) is 0 Å². The van der Waals surface area contributed by atoms with Crippen LogP contribution in [-0.4, -0.2) is 19.2 Å². The van der Waals surface area contributed by atoms with E-state index in [1.807, 2.05) is 49.3 Å². The lowest BCUT2D eigenvalue weighted by atomic mass is 10.2. The summed E-state index contributed by atoms with van der Waals surface area (Å²) in [6, 6.07) is 11.2. The van der Waals surface area contributed by atoms with Gasteiger partial charge in [-0.2, -0.15) is 0 Å². The van der Waals surface area contributed by atoms with Gasteiger partial charge >= 0.3 is 0 Å². The number of hydrogen-bond donors (Lipinski definition) is 2. The fourth-order valence-electron chi connectivity index (χ4n) is 1.87. The molecule has 5 heteroatoms. The third-order valence-corrected chi connectivity index (χ3v) is 3.75. The first-order valence-electron chi connectivity index (χ1n) is 6.15. The first-order valence-corrected chi connectivity index (χ1v) is 7.32. The number of anilines is 2. The molecule has 0 unspecified atom stereocenters. The Labute approximate surface area is 132 Å². The highest BCUT2D eigenvalue weighted by molar-refractivity contribution is 9.10. The number of phenols is 1. The fraction of sp³-hybridized carbons (Fsp3) is 0.200. The number of nitrogens with zero attached hydrogens (tertiary/aromatic N) is 1. The zero-order chi connectivity index (χ0) is 14.7. The van der Waals surface area contributed by atoms with Crippen LogP contribution in [0.4, 0.5) is 11.4 Å². The minimum atomic E-state index is 0.275. The van der Waals surface area contributed by atoms with Crippen LogP contribution in [-0.2, 0) is 6.54 Å². The van der Waals surface area contributed by atoms with Crippen LogP contribution in [0.1, 0.15) is 5.56 Å². The van der Waals surface area contributed by atoms with Crippen LogP contribution in [0.2, 0.25) is 5.02 Å². The number of rotatable bonds is 4. The molecule has 0 spiro atoms. The normalized spacial score (nSPS) is 10.4. The van der Waals surface area contributed by atoms with Crippen LogP contribution in [0.25, 0.3) is 0 Å². The average Bonchev–Trinajstić information content (AvgIpc) is 2.39. The summed E-state index contributed by atoms with van der Waals surface area (Å²) >= 11 is 9.62. The number of nitrogens with one attached hydrogen (secondary N) is 1. The maximum Gasteiger partial charge on any atom is 0.120 e. The Bertz CT molecular complexity index is 617. The van der Waals surface area contributed by atoms with Crippen molar-refractivity contribution in [2.24, 2.45) is 0 Å². The molecule has 0 aliphatic rings. The molecule has 0 aliphatic carbocycles. The highest BCUT2D eigenvalue weighted by atomic mass is 79.9. The van der Waals surface area contributed by atoms with Gasteiger partial charge in [-0.05, 0) is 36.4 Å². The molecule has 20 heavy (non-hydrogen) atoms. The van der Waals surface area contributed by atoms with Gasteiger partial charge < -0.3 is 15.3 Å². The van der Waals surface area contributed by atoms with Gasteiger partial charge in [-0.15, -0.1) is 0 Å². The van der Waals surface area contributed by atoms with Crippen molar-refractivity contribution in [1.82, 2.24) is 0 Å². The number of benzene rings is 2. The lowest BCUT2D eigenvalue weighted by Gasteiger charge is -2.16. The number of phenolic OH excluding ortho intramolecular Hbond substituents is 1. The summed E-state index contributed by atoms with van der Waals surface area (Å²) in [7, 11) is 3.90. The summed E-state index contributed by atoms with van der Waals surface area (Å²) in [5.41, 5.74) is 2.72.